The van der Waals surface area contributed by atoms with Crippen LogP contribution < -0.4 is 4.72 Å². The molecule has 11 heteroatoms. The van der Waals surface area contributed by atoms with Crippen LogP contribution in [-0.2, 0) is 26.2 Å². The van der Waals surface area contributed by atoms with Gasteiger partial charge in [0.05, 0.1) is 11.4 Å². The number of sulfonamides is 1. The first-order chi connectivity index (χ1) is 21.6. The normalized spacial score (nSPS) is 22.1. The Morgan fingerprint density at radius 1 is 1.00 bits per heavy atom. The maximum absolute atomic E-state index is 13.8. The summed E-state index contributed by atoms with van der Waals surface area (Å²) in [6.07, 6.45) is 1.99. The van der Waals surface area contributed by atoms with Crippen molar-refractivity contribution in [1.82, 2.24) is 19.4 Å². The molecule has 0 aliphatic carbocycles. The molecule has 2 saturated heterocycles. The van der Waals surface area contributed by atoms with Crippen molar-refractivity contribution in [3.63, 3.8) is 0 Å². The Morgan fingerprint density at radius 3 is 2.46 bits per heavy atom. The predicted molar refractivity (Wildman–Crippen MR) is 190 cm³/mol. The molecule has 0 radical (unpaired) electrons. The van der Waals surface area contributed by atoms with Crippen LogP contribution in [0.3, 0.4) is 0 Å². The molecule has 248 valence electrons. The molecule has 0 bridgehead atoms. The van der Waals surface area contributed by atoms with Crippen molar-refractivity contribution < 1.29 is 18.0 Å². The van der Waals surface area contributed by atoms with Gasteiger partial charge in [-0.15, -0.1) is 0 Å². The van der Waals surface area contributed by atoms with Crippen LogP contribution in [0.15, 0.2) is 74.5 Å². The number of piperidine rings is 2. The van der Waals surface area contributed by atoms with Gasteiger partial charge in [-0.2, -0.15) is 4.72 Å². The number of likely N-dealkylation sites (tertiary alicyclic amines) is 2. The lowest BCUT2D eigenvalue weighted by molar-refractivity contribution is -0.147. The van der Waals surface area contributed by atoms with E-state index >= 15 is 0 Å². The monoisotopic (exact) mass is 774 g/mol. The van der Waals surface area contributed by atoms with E-state index in [0.29, 0.717) is 32.5 Å². The third-order valence-corrected chi connectivity index (χ3v) is 11.5. The summed E-state index contributed by atoms with van der Waals surface area (Å²) in [5.74, 6) is -0.440. The molecule has 3 aromatic rings. The number of carbonyl (C=O) groups is 2. The highest BCUT2D eigenvalue weighted by atomic mass is 79.9. The molecule has 0 aromatic heterocycles. The summed E-state index contributed by atoms with van der Waals surface area (Å²) in [5, 5.41) is 1.70. The molecule has 0 spiro atoms. The molecule has 2 heterocycles. The van der Waals surface area contributed by atoms with Crippen LogP contribution in [0.2, 0.25) is 0 Å². The van der Waals surface area contributed by atoms with E-state index < -0.39 is 16.1 Å². The third-order valence-electron chi connectivity index (χ3n) is 9.04. The van der Waals surface area contributed by atoms with E-state index in [1.54, 1.807) is 18.2 Å². The Morgan fingerprint density at radius 2 is 1.72 bits per heavy atom. The van der Waals surface area contributed by atoms with Crippen molar-refractivity contribution in [3.8, 4) is 0 Å². The van der Waals surface area contributed by atoms with Crippen LogP contribution in [0.4, 0.5) is 0 Å². The molecule has 2 aliphatic heterocycles. The van der Waals surface area contributed by atoms with E-state index in [1.165, 1.54) is 10.5 Å². The van der Waals surface area contributed by atoms with Crippen molar-refractivity contribution in [2.45, 2.75) is 64.4 Å². The molecule has 0 saturated carbocycles. The number of rotatable bonds is 10. The van der Waals surface area contributed by atoms with Gasteiger partial charge in [0, 0.05) is 41.7 Å². The van der Waals surface area contributed by atoms with Crippen molar-refractivity contribution in [2.75, 3.05) is 39.3 Å². The van der Waals surface area contributed by atoms with Crippen LogP contribution in [-0.4, -0.2) is 80.2 Å². The van der Waals surface area contributed by atoms with Crippen molar-refractivity contribution in [1.29, 1.82) is 0 Å². The fraction of sp³-hybridized carbons (Fsp3) is 0.486. The standard InChI is InChI=1S/C35H44Br2N4O4S/c1-5-39(19-25-8-6-9-28(36)16-25)23-35(4)21-34(2,3)22-41(24-35)32(42)20-40-15-7-10-31(33(40)43)38-46(44,45)30-14-12-26-17-29(37)13-11-27(26)18-30/h6,8-9,11-14,16-18,31,38H,5,7,10,15,19-24H2,1-4H3/t31-,35?/m0/s1. The Balaban J connectivity index is 1.24. The maximum atomic E-state index is 13.8. The zero-order valence-electron chi connectivity index (χ0n) is 27.1. The lowest BCUT2D eigenvalue weighted by atomic mass is 9.69. The van der Waals surface area contributed by atoms with E-state index in [1.807, 2.05) is 29.2 Å². The average molecular weight is 777 g/mol. The second-order valence-corrected chi connectivity index (χ2v) is 17.6. The van der Waals surface area contributed by atoms with E-state index in [-0.39, 0.29) is 34.1 Å². The van der Waals surface area contributed by atoms with Gasteiger partial charge in [-0.05, 0) is 89.4 Å². The first-order valence-electron chi connectivity index (χ1n) is 15.9. The lowest BCUT2D eigenvalue weighted by Crippen LogP contribution is -2.58. The largest absolute Gasteiger partial charge is 0.340 e. The fourth-order valence-corrected chi connectivity index (χ4v) is 9.47. The Labute approximate surface area is 290 Å². The molecule has 2 atom stereocenters. The van der Waals surface area contributed by atoms with E-state index in [0.717, 1.165) is 45.8 Å². The van der Waals surface area contributed by atoms with Gasteiger partial charge in [-0.1, -0.05) is 83.8 Å². The number of amides is 2. The van der Waals surface area contributed by atoms with Gasteiger partial charge < -0.3 is 9.80 Å². The van der Waals surface area contributed by atoms with E-state index in [4.69, 9.17) is 0 Å². The summed E-state index contributed by atoms with van der Waals surface area (Å²) in [6.45, 7) is 13.0. The second-order valence-electron chi connectivity index (χ2n) is 14.1. The number of hydrogen-bond acceptors (Lipinski definition) is 5. The van der Waals surface area contributed by atoms with Gasteiger partial charge >= 0.3 is 0 Å². The molecule has 3 aromatic carbocycles. The second kappa shape index (κ2) is 14.0. The van der Waals surface area contributed by atoms with E-state index in [2.05, 4.69) is 87.4 Å². The molecule has 1 N–H and O–H groups in total. The van der Waals surface area contributed by atoms with Crippen molar-refractivity contribution >= 4 is 64.5 Å². The first-order valence-corrected chi connectivity index (χ1v) is 19.0. The quantitative estimate of drug-likeness (QED) is 0.257. The molecular weight excluding hydrogens is 732 g/mol. The molecule has 8 nitrogen and oxygen atoms in total. The summed E-state index contributed by atoms with van der Waals surface area (Å²) < 4.78 is 31.3. The molecule has 2 fully saturated rings. The fourth-order valence-electron chi connectivity index (χ4n) is 7.38. The summed E-state index contributed by atoms with van der Waals surface area (Å²) >= 11 is 7.02. The van der Waals surface area contributed by atoms with Gasteiger partial charge in [-0.3, -0.25) is 14.5 Å². The van der Waals surface area contributed by atoms with E-state index in [9.17, 15) is 18.0 Å². The number of nitrogens with one attached hydrogen (secondary N) is 1. The zero-order valence-corrected chi connectivity index (χ0v) is 31.0. The smallest absolute Gasteiger partial charge is 0.242 e. The SMILES string of the molecule is CCN(Cc1cccc(Br)c1)CC1(C)CN(C(=O)CN2CCC[C@H](NS(=O)(=O)c3ccc4cc(Br)ccc4c3)C2=O)CC(C)(C)C1. The minimum absolute atomic E-state index is 0.0520. The topological polar surface area (TPSA) is 90.0 Å². The van der Waals surface area contributed by atoms with Gasteiger partial charge in [0.1, 0.15) is 6.04 Å². The summed E-state index contributed by atoms with van der Waals surface area (Å²) in [6, 6.07) is 18.0. The highest BCUT2D eigenvalue weighted by Crippen LogP contribution is 2.41. The number of fused-ring (bicyclic) bond motifs is 1. The summed E-state index contributed by atoms with van der Waals surface area (Å²) in [5.41, 5.74) is 1.03. The van der Waals surface area contributed by atoms with Crippen LogP contribution >= 0.6 is 31.9 Å². The molecule has 5 rings (SSSR count). The summed E-state index contributed by atoms with van der Waals surface area (Å²) in [7, 11) is -3.95. The van der Waals surface area contributed by atoms with Crippen LogP contribution in [0.25, 0.3) is 10.8 Å². The Hall–Kier alpha value is -2.31. The zero-order chi connectivity index (χ0) is 33.3. The average Bonchev–Trinajstić information content (AvgIpc) is 2.97. The van der Waals surface area contributed by atoms with Crippen molar-refractivity contribution in [2.24, 2.45) is 10.8 Å². The maximum Gasteiger partial charge on any atom is 0.242 e. The minimum atomic E-state index is -3.95. The third kappa shape index (κ3) is 8.58. The first kappa shape index (κ1) is 35.0. The van der Waals surface area contributed by atoms with Crippen molar-refractivity contribution in [3.05, 3.63) is 75.2 Å². The Bertz CT molecular complexity index is 1720. The molecule has 1 unspecified atom stereocenters. The number of nitrogens with zero attached hydrogens (tertiary/aromatic N) is 3. The molecule has 2 aliphatic rings. The minimum Gasteiger partial charge on any atom is -0.340 e. The molecule has 2 amide bonds. The highest BCUT2D eigenvalue weighted by Gasteiger charge is 2.43. The number of carbonyl (C=O) groups excluding carboxylic acids is 2. The van der Waals surface area contributed by atoms with Crippen LogP contribution in [0, 0.1) is 10.8 Å². The number of benzene rings is 3. The summed E-state index contributed by atoms with van der Waals surface area (Å²) in [4.78, 5) is 33.4. The van der Waals surface area contributed by atoms with Gasteiger partial charge in [0.25, 0.3) is 0 Å². The Kier molecular flexibility index (Phi) is 10.7. The lowest BCUT2D eigenvalue weighted by Gasteiger charge is -2.50. The van der Waals surface area contributed by atoms with Crippen LogP contribution in [0.1, 0.15) is 52.5 Å². The number of halogens is 2. The van der Waals surface area contributed by atoms with Gasteiger partial charge in [-0.25, -0.2) is 8.42 Å². The molecule has 46 heavy (non-hydrogen) atoms. The predicted octanol–water partition coefficient (Wildman–Crippen LogP) is 6.42. The van der Waals surface area contributed by atoms with Crippen LogP contribution in [0.5, 0.6) is 0 Å². The highest BCUT2D eigenvalue weighted by molar-refractivity contribution is 9.10. The van der Waals surface area contributed by atoms with Gasteiger partial charge in [0.2, 0.25) is 21.8 Å². The van der Waals surface area contributed by atoms with Gasteiger partial charge in [0.15, 0.2) is 0 Å². The number of hydrogen-bond donors (Lipinski definition) is 1. The molecular formula is C35H44Br2N4O4S.